The van der Waals surface area contributed by atoms with Crippen LogP contribution in [0.5, 0.6) is 0 Å². The highest BCUT2D eigenvalue weighted by molar-refractivity contribution is 6.62. The summed E-state index contributed by atoms with van der Waals surface area (Å²) in [6, 6.07) is 7.85. The lowest BCUT2D eigenvalue weighted by Gasteiger charge is -2.32. The molecule has 2 aliphatic heterocycles. The summed E-state index contributed by atoms with van der Waals surface area (Å²) in [7, 11) is -0.346. The highest BCUT2D eigenvalue weighted by Crippen LogP contribution is 2.36. The van der Waals surface area contributed by atoms with E-state index in [-0.39, 0.29) is 24.5 Å². The van der Waals surface area contributed by atoms with E-state index >= 15 is 0 Å². The molecule has 1 fully saturated rings. The Morgan fingerprint density at radius 1 is 0.900 bits per heavy atom. The van der Waals surface area contributed by atoms with Gasteiger partial charge in [-0.15, -0.1) is 10.2 Å². The van der Waals surface area contributed by atoms with Gasteiger partial charge in [-0.2, -0.15) is 0 Å². The fourth-order valence-corrected chi connectivity index (χ4v) is 2.10. The summed E-state index contributed by atoms with van der Waals surface area (Å²) in [5.41, 5.74) is 1.28. The Morgan fingerprint density at radius 2 is 1.40 bits per heavy atom. The topological polar surface area (TPSA) is 67.9 Å². The molecule has 2 aliphatic rings. The molecule has 7 heteroatoms. The first-order valence-electron chi connectivity index (χ1n) is 6.64. The van der Waals surface area contributed by atoms with Gasteiger partial charge >= 0.3 is 7.12 Å². The second-order valence-electron chi connectivity index (χ2n) is 6.04. The fourth-order valence-electron chi connectivity index (χ4n) is 2.10. The van der Waals surface area contributed by atoms with Crippen molar-refractivity contribution in [3.05, 3.63) is 29.8 Å². The highest BCUT2D eigenvalue weighted by atomic mass is 16.7. The van der Waals surface area contributed by atoms with Crippen molar-refractivity contribution in [1.29, 1.82) is 0 Å². The van der Waals surface area contributed by atoms with Crippen molar-refractivity contribution in [2.45, 2.75) is 45.1 Å². The average molecular weight is 272 g/mol. The van der Waals surface area contributed by atoms with Gasteiger partial charge in [0, 0.05) is 5.56 Å². The molecule has 0 atom stereocenters. The highest BCUT2D eigenvalue weighted by Gasteiger charge is 2.51. The van der Waals surface area contributed by atoms with Crippen LogP contribution < -0.4 is 5.46 Å². The van der Waals surface area contributed by atoms with Crippen LogP contribution in [0.2, 0.25) is 0 Å². The van der Waals surface area contributed by atoms with Crippen molar-refractivity contribution in [2.24, 2.45) is 20.7 Å². The molecule has 0 saturated carbocycles. The molecule has 1 aromatic rings. The van der Waals surface area contributed by atoms with Crippen molar-refractivity contribution in [2.75, 3.05) is 0 Å². The molecule has 0 N–H and O–H groups in total. The fraction of sp³-hybridized carbons (Fsp3) is 0.538. The molecule has 0 aliphatic carbocycles. The van der Waals surface area contributed by atoms with E-state index in [2.05, 4.69) is 20.7 Å². The lowest BCUT2D eigenvalue weighted by Crippen LogP contribution is -2.41. The third-order valence-corrected chi connectivity index (χ3v) is 4.12. The van der Waals surface area contributed by atoms with Crippen molar-refractivity contribution in [3.8, 4) is 0 Å². The van der Waals surface area contributed by atoms with Crippen LogP contribution in [0, 0.1) is 0 Å². The Bertz CT molecular complexity index is 540. The SMILES string of the molecule is CC1(C)OB(c2ccc(C3N=NN=N3)cc2)OC1(C)C. The molecule has 0 bridgehead atoms. The van der Waals surface area contributed by atoms with Gasteiger partial charge in [-0.05, 0) is 43.6 Å². The molecule has 3 rings (SSSR count). The van der Waals surface area contributed by atoms with E-state index in [1.165, 1.54) is 0 Å². The first-order chi connectivity index (χ1) is 9.39. The zero-order valence-electron chi connectivity index (χ0n) is 12.1. The minimum Gasteiger partial charge on any atom is -0.399 e. The molecule has 0 amide bonds. The van der Waals surface area contributed by atoms with Gasteiger partial charge in [-0.3, -0.25) is 0 Å². The van der Waals surface area contributed by atoms with Gasteiger partial charge in [0.05, 0.1) is 11.2 Å². The van der Waals surface area contributed by atoms with Gasteiger partial charge < -0.3 is 9.31 Å². The van der Waals surface area contributed by atoms with Crippen LogP contribution >= 0.6 is 0 Å². The summed E-state index contributed by atoms with van der Waals surface area (Å²) >= 11 is 0. The minimum absolute atomic E-state index is 0.317. The molecule has 1 saturated heterocycles. The minimum atomic E-state index is -0.346. The van der Waals surface area contributed by atoms with E-state index in [9.17, 15) is 0 Å². The van der Waals surface area contributed by atoms with Crippen molar-refractivity contribution < 1.29 is 9.31 Å². The Hall–Kier alpha value is -1.60. The molecule has 104 valence electrons. The summed E-state index contributed by atoms with van der Waals surface area (Å²) in [6.07, 6.45) is -0.317. The molecule has 0 unspecified atom stereocenters. The molecule has 0 aromatic heterocycles. The molecule has 6 nitrogen and oxygen atoms in total. The smallest absolute Gasteiger partial charge is 0.399 e. The normalized spacial score (nSPS) is 23.7. The molecule has 2 heterocycles. The Balaban J connectivity index is 1.79. The number of nitrogens with zero attached hydrogens (tertiary/aromatic N) is 4. The summed E-state index contributed by atoms with van der Waals surface area (Å²) in [5, 5.41) is 14.8. The van der Waals surface area contributed by atoms with E-state index < -0.39 is 0 Å². The van der Waals surface area contributed by atoms with Crippen molar-refractivity contribution in [3.63, 3.8) is 0 Å². The third kappa shape index (κ3) is 2.17. The van der Waals surface area contributed by atoms with Gasteiger partial charge in [-0.25, -0.2) is 0 Å². The number of benzene rings is 1. The number of hydrogen-bond acceptors (Lipinski definition) is 6. The summed E-state index contributed by atoms with van der Waals surface area (Å²) < 4.78 is 12.0. The molecule has 20 heavy (non-hydrogen) atoms. The van der Waals surface area contributed by atoms with Gasteiger partial charge in [0.1, 0.15) is 0 Å². The molecule has 0 radical (unpaired) electrons. The predicted molar refractivity (Wildman–Crippen MR) is 74.6 cm³/mol. The largest absolute Gasteiger partial charge is 0.494 e. The molecule has 0 spiro atoms. The van der Waals surface area contributed by atoms with E-state index in [0.717, 1.165) is 11.0 Å². The van der Waals surface area contributed by atoms with Crippen molar-refractivity contribution >= 4 is 12.6 Å². The zero-order valence-corrected chi connectivity index (χ0v) is 12.1. The maximum absolute atomic E-state index is 6.01. The van der Waals surface area contributed by atoms with Gasteiger partial charge in [0.2, 0.25) is 6.17 Å². The first kappa shape index (κ1) is 13.4. The number of hydrogen-bond donors (Lipinski definition) is 0. The van der Waals surface area contributed by atoms with Crippen molar-refractivity contribution in [1.82, 2.24) is 0 Å². The quantitative estimate of drug-likeness (QED) is 0.777. The van der Waals surface area contributed by atoms with Crippen LogP contribution in [0.25, 0.3) is 0 Å². The second kappa shape index (κ2) is 4.46. The lowest BCUT2D eigenvalue weighted by molar-refractivity contribution is 0.00578. The maximum Gasteiger partial charge on any atom is 0.494 e. The standard InChI is InChI=1S/C13H17BN4O2/c1-12(2)13(3,4)20-14(19-12)10-7-5-9(6-8-10)11-15-17-18-16-11/h5-8,11H,1-4H3. The number of rotatable bonds is 2. The predicted octanol–water partition coefficient (Wildman–Crippen LogP) is 2.82. The van der Waals surface area contributed by atoms with Crippen LogP contribution in [-0.4, -0.2) is 18.3 Å². The Kier molecular flexibility index (Phi) is 2.99. The zero-order chi connectivity index (χ0) is 14.4. The Morgan fingerprint density at radius 3 is 1.90 bits per heavy atom. The van der Waals surface area contributed by atoms with Crippen LogP contribution in [-0.2, 0) is 9.31 Å². The van der Waals surface area contributed by atoms with Gasteiger partial charge in [0.15, 0.2) is 0 Å². The summed E-state index contributed by atoms with van der Waals surface area (Å²) in [5.74, 6) is 0. The van der Waals surface area contributed by atoms with Gasteiger partial charge in [-0.1, -0.05) is 24.3 Å². The Labute approximate surface area is 118 Å². The average Bonchev–Trinajstić information content (AvgIpc) is 2.97. The van der Waals surface area contributed by atoms with E-state index in [0.29, 0.717) is 0 Å². The van der Waals surface area contributed by atoms with Crippen LogP contribution in [0.15, 0.2) is 44.9 Å². The summed E-state index contributed by atoms with van der Waals surface area (Å²) in [4.78, 5) is 0. The first-order valence-corrected chi connectivity index (χ1v) is 6.64. The second-order valence-corrected chi connectivity index (χ2v) is 6.04. The van der Waals surface area contributed by atoms with Crippen LogP contribution in [0.3, 0.4) is 0 Å². The van der Waals surface area contributed by atoms with Gasteiger partial charge in [0.25, 0.3) is 0 Å². The van der Waals surface area contributed by atoms with E-state index in [4.69, 9.17) is 9.31 Å². The monoisotopic (exact) mass is 272 g/mol. The summed E-state index contributed by atoms with van der Waals surface area (Å²) in [6.45, 7) is 8.17. The van der Waals surface area contributed by atoms with Crippen LogP contribution in [0.4, 0.5) is 0 Å². The van der Waals surface area contributed by atoms with E-state index in [1.54, 1.807) is 0 Å². The molecular weight excluding hydrogens is 255 g/mol. The molecule has 1 aromatic carbocycles. The van der Waals surface area contributed by atoms with Crippen LogP contribution in [0.1, 0.15) is 39.4 Å². The maximum atomic E-state index is 6.01. The lowest BCUT2D eigenvalue weighted by atomic mass is 9.79. The third-order valence-electron chi connectivity index (χ3n) is 4.12. The van der Waals surface area contributed by atoms with E-state index in [1.807, 2.05) is 52.0 Å². The molecular formula is C13H17BN4O2.